The van der Waals surface area contributed by atoms with Crippen molar-refractivity contribution in [3.8, 4) is 0 Å². The Morgan fingerprint density at radius 3 is 2.41 bits per heavy atom. The molecule has 1 saturated heterocycles. The molecule has 0 aromatic rings. The topological polar surface area (TPSA) is 147 Å². The van der Waals surface area contributed by atoms with Crippen LogP contribution in [0.4, 0.5) is 0 Å². The molecule has 4 N–H and O–H groups in total. The zero-order chi connectivity index (χ0) is 21.8. The van der Waals surface area contributed by atoms with Crippen molar-refractivity contribution in [1.29, 1.82) is 0 Å². The van der Waals surface area contributed by atoms with Crippen LogP contribution >= 0.6 is 0 Å². The van der Waals surface area contributed by atoms with E-state index in [0.29, 0.717) is 12.7 Å². The van der Waals surface area contributed by atoms with E-state index in [1.54, 1.807) is 13.3 Å². The third kappa shape index (κ3) is 7.65. The van der Waals surface area contributed by atoms with Gasteiger partial charge in [0.1, 0.15) is 18.3 Å². The van der Waals surface area contributed by atoms with Gasteiger partial charge in [-0.3, -0.25) is 0 Å². The lowest BCUT2D eigenvalue weighted by Gasteiger charge is -2.42. The summed E-state index contributed by atoms with van der Waals surface area (Å²) in [4.78, 5) is 15.0. The Labute approximate surface area is 171 Å². The highest BCUT2D eigenvalue weighted by atomic mass is 16.6. The molecule has 3 unspecified atom stereocenters. The van der Waals surface area contributed by atoms with Crippen molar-refractivity contribution in [3.63, 3.8) is 0 Å². The number of hydrogen-bond acceptors (Lipinski definition) is 10. The summed E-state index contributed by atoms with van der Waals surface area (Å²) in [5.74, 6) is -0.827. The molecule has 0 amide bonds. The first kappa shape index (κ1) is 26.1. The first-order chi connectivity index (χ1) is 14.0. The Kier molecular flexibility index (Phi) is 12.7. The van der Waals surface area contributed by atoms with Crippen LogP contribution in [0.2, 0.25) is 0 Å². The van der Waals surface area contributed by atoms with Crippen LogP contribution in [0, 0.1) is 11.8 Å². The number of ether oxygens (including phenoxy) is 4. The molecule has 0 bridgehead atoms. The molecular formula is C19H35NO9. The largest absolute Gasteiger partial charge is 0.394 e. The summed E-state index contributed by atoms with van der Waals surface area (Å²) < 4.78 is 21.8. The lowest BCUT2D eigenvalue weighted by molar-refractivity contribution is -0.221. The van der Waals surface area contributed by atoms with E-state index in [1.165, 1.54) is 7.11 Å². The molecule has 1 heterocycles. The number of aliphatic imine (C=N–C) groups is 1. The number of nitrogens with zero attached hydrogens (tertiary/aromatic N) is 1. The second-order valence-corrected chi connectivity index (χ2v) is 7.04. The summed E-state index contributed by atoms with van der Waals surface area (Å²) in [6, 6.07) is 0. The van der Waals surface area contributed by atoms with Gasteiger partial charge < -0.3 is 49.2 Å². The Morgan fingerprint density at radius 1 is 1.17 bits per heavy atom. The third-order valence-electron chi connectivity index (χ3n) is 5.07. The van der Waals surface area contributed by atoms with Crippen LogP contribution in [0.1, 0.15) is 13.3 Å². The van der Waals surface area contributed by atoms with Gasteiger partial charge in [-0.1, -0.05) is 6.92 Å². The fourth-order valence-corrected chi connectivity index (χ4v) is 3.46. The predicted octanol–water partition coefficient (Wildman–Crippen LogP) is -1.58. The maximum absolute atomic E-state index is 11.1. The number of methoxy groups -OCH3 is 1. The predicted molar refractivity (Wildman–Crippen MR) is 104 cm³/mol. The molecule has 0 aromatic heterocycles. The SMILES string of the molecule is CC[C@@H]1C(CO)O[C@H](COC[C@@H](/C=N/C)C(CO)O[C@@H](C=O)COC)C(O)[C@H]1O. The number of carbonyl (C=O) groups excluding carboxylic acids is 1. The van der Waals surface area contributed by atoms with Gasteiger partial charge in [0.25, 0.3) is 0 Å². The molecule has 170 valence electrons. The number of carbonyl (C=O) groups is 1. The minimum absolute atomic E-state index is 0.0352. The number of aldehydes is 1. The maximum Gasteiger partial charge on any atom is 0.151 e. The van der Waals surface area contributed by atoms with Gasteiger partial charge >= 0.3 is 0 Å². The molecule has 0 aromatic carbocycles. The lowest BCUT2D eigenvalue weighted by Crippen LogP contribution is -2.56. The van der Waals surface area contributed by atoms with Crippen LogP contribution < -0.4 is 0 Å². The van der Waals surface area contributed by atoms with E-state index >= 15 is 0 Å². The minimum atomic E-state index is -1.15. The van der Waals surface area contributed by atoms with Crippen LogP contribution in [-0.2, 0) is 23.7 Å². The summed E-state index contributed by atoms with van der Waals surface area (Å²) in [6.07, 6.45) is -2.45. The fourth-order valence-electron chi connectivity index (χ4n) is 3.46. The normalized spacial score (nSPS) is 30.9. The van der Waals surface area contributed by atoms with E-state index in [0.717, 1.165) is 0 Å². The van der Waals surface area contributed by atoms with Crippen molar-refractivity contribution >= 4 is 12.5 Å². The van der Waals surface area contributed by atoms with E-state index in [-0.39, 0.29) is 39.0 Å². The average molecular weight is 421 g/mol. The maximum atomic E-state index is 11.1. The van der Waals surface area contributed by atoms with Crippen LogP contribution in [0.3, 0.4) is 0 Å². The Hall–Kier alpha value is -0.980. The van der Waals surface area contributed by atoms with Gasteiger partial charge in [-0.05, 0) is 6.42 Å². The molecule has 29 heavy (non-hydrogen) atoms. The van der Waals surface area contributed by atoms with Crippen molar-refractivity contribution in [2.45, 2.75) is 50.0 Å². The molecule has 1 aliphatic rings. The van der Waals surface area contributed by atoms with Gasteiger partial charge in [0.05, 0.1) is 51.3 Å². The average Bonchev–Trinajstić information content (AvgIpc) is 2.73. The molecule has 0 aliphatic carbocycles. The lowest BCUT2D eigenvalue weighted by atomic mass is 9.85. The highest BCUT2D eigenvalue weighted by Crippen LogP contribution is 2.28. The van der Waals surface area contributed by atoms with Crippen molar-refractivity contribution in [3.05, 3.63) is 0 Å². The van der Waals surface area contributed by atoms with Gasteiger partial charge in [0.2, 0.25) is 0 Å². The highest BCUT2D eigenvalue weighted by Gasteiger charge is 2.43. The Bertz CT molecular complexity index is 477. The smallest absolute Gasteiger partial charge is 0.151 e. The van der Waals surface area contributed by atoms with E-state index < -0.39 is 42.5 Å². The second kappa shape index (κ2) is 14.1. The summed E-state index contributed by atoms with van der Waals surface area (Å²) in [6.45, 7) is 1.32. The summed E-state index contributed by atoms with van der Waals surface area (Å²) in [5.41, 5.74) is 0. The van der Waals surface area contributed by atoms with Crippen molar-refractivity contribution < 1.29 is 44.2 Å². The first-order valence-electron chi connectivity index (χ1n) is 9.80. The van der Waals surface area contributed by atoms with E-state index in [9.17, 15) is 25.2 Å². The quantitative estimate of drug-likeness (QED) is 0.193. The molecule has 0 radical (unpaired) electrons. The van der Waals surface area contributed by atoms with E-state index in [1.807, 2.05) is 6.92 Å². The van der Waals surface area contributed by atoms with Crippen LogP contribution in [0.5, 0.6) is 0 Å². The molecule has 1 aliphatic heterocycles. The van der Waals surface area contributed by atoms with Gasteiger partial charge in [-0.15, -0.1) is 0 Å². The first-order valence-corrected chi connectivity index (χ1v) is 9.80. The van der Waals surface area contributed by atoms with Crippen LogP contribution in [0.15, 0.2) is 4.99 Å². The molecule has 0 spiro atoms. The summed E-state index contributed by atoms with van der Waals surface area (Å²) in [5, 5.41) is 39.7. The van der Waals surface area contributed by atoms with Gasteiger partial charge in [-0.25, -0.2) is 0 Å². The molecule has 10 nitrogen and oxygen atoms in total. The summed E-state index contributed by atoms with van der Waals surface area (Å²) >= 11 is 0. The van der Waals surface area contributed by atoms with Gasteiger partial charge in [-0.2, -0.15) is 0 Å². The monoisotopic (exact) mass is 421 g/mol. The van der Waals surface area contributed by atoms with E-state index in [4.69, 9.17) is 18.9 Å². The number of rotatable bonds is 14. The van der Waals surface area contributed by atoms with E-state index in [2.05, 4.69) is 4.99 Å². The number of hydrogen-bond donors (Lipinski definition) is 4. The van der Waals surface area contributed by atoms with Crippen LogP contribution in [-0.4, -0.2) is 117 Å². The molecular weight excluding hydrogens is 386 g/mol. The Morgan fingerprint density at radius 2 is 1.90 bits per heavy atom. The standard InChI is InChI=1S/C19H35NO9/c1-4-14-16(8-23)29-17(19(25)18(14)24)11-27-9-12(5-20-2)15(7-22)28-13(6-21)10-26-3/h5-6,12-19,22-25H,4,7-11H2,1-3H3/b20-5+/t12-,13+,14-,15?,16?,17-,18+,19?/m1/s1. The van der Waals surface area contributed by atoms with Crippen LogP contribution in [0.25, 0.3) is 0 Å². The second-order valence-electron chi connectivity index (χ2n) is 7.04. The molecule has 1 fully saturated rings. The molecule has 10 heteroatoms. The van der Waals surface area contributed by atoms with Crippen molar-refractivity contribution in [2.24, 2.45) is 16.8 Å². The van der Waals surface area contributed by atoms with Gasteiger partial charge in [0.15, 0.2) is 6.29 Å². The third-order valence-corrected chi connectivity index (χ3v) is 5.07. The summed E-state index contributed by atoms with van der Waals surface area (Å²) in [7, 11) is 3.00. The fraction of sp³-hybridized carbons (Fsp3) is 0.895. The number of aliphatic hydroxyl groups excluding tert-OH is 4. The molecule has 8 atom stereocenters. The van der Waals surface area contributed by atoms with Gasteiger partial charge in [0, 0.05) is 32.2 Å². The van der Waals surface area contributed by atoms with Crippen molar-refractivity contribution in [2.75, 3.05) is 47.2 Å². The van der Waals surface area contributed by atoms with Crippen molar-refractivity contribution in [1.82, 2.24) is 0 Å². The zero-order valence-electron chi connectivity index (χ0n) is 17.3. The minimum Gasteiger partial charge on any atom is -0.394 e. The zero-order valence-corrected chi connectivity index (χ0v) is 17.3. The number of aliphatic hydroxyl groups is 4. The molecule has 1 rings (SSSR count). The highest BCUT2D eigenvalue weighted by molar-refractivity contribution is 5.62. The molecule has 0 saturated carbocycles. The Balaban J connectivity index is 2.67.